The lowest BCUT2D eigenvalue weighted by molar-refractivity contribution is 0.0592. The van der Waals surface area contributed by atoms with Crippen molar-refractivity contribution >= 4 is 17.6 Å². The van der Waals surface area contributed by atoms with Gasteiger partial charge < -0.3 is 4.74 Å². The average molecular weight is 247 g/mol. The van der Waals surface area contributed by atoms with Crippen LogP contribution in [0.25, 0.3) is 0 Å². The predicted molar refractivity (Wildman–Crippen MR) is 50.3 cm³/mol. The van der Waals surface area contributed by atoms with Crippen molar-refractivity contribution in [2.75, 3.05) is 7.11 Å². The maximum atomic E-state index is 12.4. The summed E-state index contributed by atoms with van der Waals surface area (Å²) < 4.78 is 29.2. The predicted octanol–water partition coefficient (Wildman–Crippen LogP) is 2.33. The SMILES string of the molecule is COC(=O)c1nc(C(F)F)c(Cl)cc1C#N. The molecule has 0 aliphatic heterocycles. The molecule has 0 aliphatic rings. The minimum atomic E-state index is -2.93. The molecule has 0 fully saturated rings. The van der Waals surface area contributed by atoms with Gasteiger partial charge in [-0.15, -0.1) is 0 Å². The second-order valence-electron chi connectivity index (χ2n) is 2.66. The largest absolute Gasteiger partial charge is 0.464 e. The first-order valence-electron chi connectivity index (χ1n) is 3.98. The molecule has 0 amide bonds. The summed E-state index contributed by atoms with van der Waals surface area (Å²) in [7, 11) is 1.06. The number of carbonyl (C=O) groups is 1. The van der Waals surface area contributed by atoms with E-state index in [4.69, 9.17) is 16.9 Å². The van der Waals surface area contributed by atoms with Crippen LogP contribution in [0.4, 0.5) is 8.78 Å². The van der Waals surface area contributed by atoms with Gasteiger partial charge in [0.1, 0.15) is 11.8 Å². The Bertz CT molecular complexity index is 471. The number of rotatable bonds is 2. The van der Waals surface area contributed by atoms with Gasteiger partial charge in [-0.1, -0.05) is 11.6 Å². The Balaban J connectivity index is 3.42. The molecule has 7 heteroatoms. The van der Waals surface area contributed by atoms with E-state index in [9.17, 15) is 13.6 Å². The highest BCUT2D eigenvalue weighted by atomic mass is 35.5. The van der Waals surface area contributed by atoms with Gasteiger partial charge in [0, 0.05) is 0 Å². The van der Waals surface area contributed by atoms with E-state index in [1.165, 1.54) is 0 Å². The molecule has 0 aliphatic carbocycles. The second kappa shape index (κ2) is 4.86. The molecular formula is C9H5ClF2N2O2. The number of halogens is 3. The highest BCUT2D eigenvalue weighted by Gasteiger charge is 2.21. The van der Waals surface area contributed by atoms with Crippen molar-refractivity contribution in [2.24, 2.45) is 0 Å². The molecule has 84 valence electrons. The summed E-state index contributed by atoms with van der Waals surface area (Å²) in [5.74, 6) is -0.963. The highest BCUT2D eigenvalue weighted by Crippen LogP contribution is 2.27. The normalized spacial score (nSPS) is 10.0. The van der Waals surface area contributed by atoms with Crippen LogP contribution in [0.2, 0.25) is 5.02 Å². The minimum Gasteiger partial charge on any atom is -0.464 e. The molecular weight excluding hydrogens is 242 g/mol. The van der Waals surface area contributed by atoms with E-state index in [1.807, 2.05) is 0 Å². The van der Waals surface area contributed by atoms with Crippen LogP contribution in [0.1, 0.15) is 28.2 Å². The minimum absolute atomic E-state index is 0.207. The van der Waals surface area contributed by atoms with Gasteiger partial charge in [-0.2, -0.15) is 5.26 Å². The first kappa shape index (κ1) is 12.3. The number of hydrogen-bond acceptors (Lipinski definition) is 4. The molecule has 1 aromatic rings. The van der Waals surface area contributed by atoms with Crippen LogP contribution in [-0.2, 0) is 4.74 Å². The summed E-state index contributed by atoms with van der Waals surface area (Å²) in [5, 5.41) is 8.31. The van der Waals surface area contributed by atoms with Crippen LogP contribution in [0.5, 0.6) is 0 Å². The van der Waals surface area contributed by atoms with Gasteiger partial charge in [-0.05, 0) is 6.07 Å². The Morgan fingerprint density at radius 2 is 2.31 bits per heavy atom. The van der Waals surface area contributed by atoms with Gasteiger partial charge in [0.15, 0.2) is 5.69 Å². The molecule has 0 aromatic carbocycles. The summed E-state index contributed by atoms with van der Waals surface area (Å²) >= 11 is 5.48. The van der Waals surface area contributed by atoms with E-state index in [2.05, 4.69) is 9.72 Å². The zero-order valence-electron chi connectivity index (χ0n) is 8.00. The van der Waals surface area contributed by atoms with E-state index in [1.54, 1.807) is 6.07 Å². The van der Waals surface area contributed by atoms with Crippen molar-refractivity contribution in [3.05, 3.63) is 28.0 Å². The lowest BCUT2D eigenvalue weighted by Gasteiger charge is -2.06. The zero-order valence-corrected chi connectivity index (χ0v) is 8.76. The monoisotopic (exact) mass is 246 g/mol. The first-order chi connectivity index (χ1) is 7.51. The van der Waals surface area contributed by atoms with Gasteiger partial charge in [-0.3, -0.25) is 0 Å². The topological polar surface area (TPSA) is 63.0 Å². The zero-order chi connectivity index (χ0) is 12.3. The molecule has 1 rings (SSSR count). The van der Waals surface area contributed by atoms with Crippen LogP contribution in [0.15, 0.2) is 6.07 Å². The Kier molecular flexibility index (Phi) is 3.74. The Labute approximate surface area is 94.4 Å². The number of nitrogens with zero attached hydrogens (tertiary/aromatic N) is 2. The Morgan fingerprint density at radius 1 is 1.69 bits per heavy atom. The van der Waals surface area contributed by atoms with E-state index >= 15 is 0 Å². The summed E-state index contributed by atoms with van der Waals surface area (Å²) in [4.78, 5) is 14.5. The number of carbonyl (C=O) groups excluding carboxylic acids is 1. The molecule has 0 radical (unpaired) electrons. The fraction of sp³-hybridized carbons (Fsp3) is 0.222. The number of methoxy groups -OCH3 is 1. The molecule has 0 atom stereocenters. The molecule has 1 aromatic heterocycles. The third kappa shape index (κ3) is 2.25. The lowest BCUT2D eigenvalue weighted by Crippen LogP contribution is -2.09. The maximum absolute atomic E-state index is 12.4. The van der Waals surface area contributed by atoms with E-state index in [-0.39, 0.29) is 10.6 Å². The highest BCUT2D eigenvalue weighted by molar-refractivity contribution is 6.31. The summed E-state index contributed by atoms with van der Waals surface area (Å²) in [6, 6.07) is 2.59. The number of hydrogen-bond donors (Lipinski definition) is 0. The molecule has 0 bridgehead atoms. The van der Waals surface area contributed by atoms with Crippen molar-refractivity contribution < 1.29 is 18.3 Å². The molecule has 0 saturated carbocycles. The van der Waals surface area contributed by atoms with Gasteiger partial charge in [-0.25, -0.2) is 18.6 Å². The van der Waals surface area contributed by atoms with E-state index < -0.39 is 23.8 Å². The fourth-order valence-electron chi connectivity index (χ4n) is 0.994. The summed E-state index contributed by atoms with van der Waals surface area (Å²) in [5.41, 5.74) is -1.42. The number of pyridine rings is 1. The lowest BCUT2D eigenvalue weighted by atomic mass is 10.2. The van der Waals surface area contributed by atoms with Crippen molar-refractivity contribution in [1.29, 1.82) is 5.26 Å². The third-order valence-electron chi connectivity index (χ3n) is 1.71. The number of nitriles is 1. The van der Waals surface area contributed by atoms with Gasteiger partial charge >= 0.3 is 5.97 Å². The molecule has 1 heterocycles. The molecule has 4 nitrogen and oxygen atoms in total. The second-order valence-corrected chi connectivity index (χ2v) is 3.06. The molecule has 0 unspecified atom stereocenters. The molecule has 0 N–H and O–H groups in total. The van der Waals surface area contributed by atoms with Crippen LogP contribution in [0, 0.1) is 11.3 Å². The Morgan fingerprint density at radius 3 is 2.75 bits per heavy atom. The van der Waals surface area contributed by atoms with E-state index in [0.717, 1.165) is 13.2 Å². The van der Waals surface area contributed by atoms with Crippen LogP contribution >= 0.6 is 11.6 Å². The van der Waals surface area contributed by atoms with Crippen molar-refractivity contribution in [3.8, 4) is 6.07 Å². The summed E-state index contributed by atoms with van der Waals surface area (Å²) in [6.45, 7) is 0. The number of esters is 1. The van der Waals surface area contributed by atoms with Crippen LogP contribution in [0.3, 0.4) is 0 Å². The van der Waals surface area contributed by atoms with Crippen molar-refractivity contribution in [2.45, 2.75) is 6.43 Å². The fourth-order valence-corrected chi connectivity index (χ4v) is 1.23. The first-order valence-corrected chi connectivity index (χ1v) is 4.36. The van der Waals surface area contributed by atoms with E-state index in [0.29, 0.717) is 0 Å². The molecule has 0 saturated heterocycles. The number of aromatic nitrogens is 1. The van der Waals surface area contributed by atoms with Gasteiger partial charge in [0.25, 0.3) is 6.43 Å². The maximum Gasteiger partial charge on any atom is 0.358 e. The number of ether oxygens (including phenoxy) is 1. The molecule has 16 heavy (non-hydrogen) atoms. The van der Waals surface area contributed by atoms with Crippen LogP contribution < -0.4 is 0 Å². The quantitative estimate of drug-likeness (QED) is 0.752. The third-order valence-corrected chi connectivity index (χ3v) is 2.01. The Hall–Kier alpha value is -1.74. The number of alkyl halides is 2. The smallest absolute Gasteiger partial charge is 0.358 e. The van der Waals surface area contributed by atoms with Gasteiger partial charge in [0.05, 0.1) is 17.7 Å². The molecule has 0 spiro atoms. The van der Waals surface area contributed by atoms with Crippen molar-refractivity contribution in [1.82, 2.24) is 4.98 Å². The average Bonchev–Trinajstić information content (AvgIpc) is 2.27. The van der Waals surface area contributed by atoms with Gasteiger partial charge in [0.2, 0.25) is 0 Å². The standard InChI is InChI=1S/C9H5ClF2N2O2/c1-16-9(15)6-4(3-13)2-5(10)7(14-6)8(11)12/h2,8H,1H3. The van der Waals surface area contributed by atoms with Crippen LogP contribution in [-0.4, -0.2) is 18.1 Å². The van der Waals surface area contributed by atoms with Crippen molar-refractivity contribution in [3.63, 3.8) is 0 Å². The summed E-state index contributed by atoms with van der Waals surface area (Å²) in [6.07, 6.45) is -2.93.